The molecule has 22 heavy (non-hydrogen) atoms. The van der Waals surface area contributed by atoms with Crippen LogP contribution in [0.5, 0.6) is 0 Å². The summed E-state index contributed by atoms with van der Waals surface area (Å²) in [5, 5.41) is 2.87. The Morgan fingerprint density at radius 1 is 1.14 bits per heavy atom. The topological polar surface area (TPSA) is 59.1 Å². The van der Waals surface area contributed by atoms with E-state index in [1.165, 1.54) is 12.1 Å². The molecule has 0 amide bonds. The number of fused-ring (bicyclic) bond motifs is 1. The lowest BCUT2D eigenvalue weighted by Gasteiger charge is -2.14. The Labute approximate surface area is 124 Å². The van der Waals surface area contributed by atoms with Crippen LogP contribution in [-0.2, 0) is 16.0 Å². The predicted octanol–water partition coefficient (Wildman–Crippen LogP) is 3.04. The van der Waals surface area contributed by atoms with Crippen LogP contribution in [0.2, 0.25) is 0 Å². The monoisotopic (exact) mass is 328 g/mol. The molecular weight excluding hydrogens is 317 g/mol. The number of hydrogen-bond acceptors (Lipinski definition) is 4. The molecule has 0 bridgehead atoms. The average Bonchev–Trinajstić information content (AvgIpc) is 2.70. The van der Waals surface area contributed by atoms with Crippen LogP contribution >= 0.6 is 0 Å². The highest BCUT2D eigenvalue weighted by Crippen LogP contribution is 2.35. The first-order valence-corrected chi connectivity index (χ1v) is 8.04. The third-order valence-electron chi connectivity index (χ3n) is 3.43. The number of halogens is 3. The summed E-state index contributed by atoms with van der Waals surface area (Å²) in [5.41, 5.74) is -0.248. The van der Waals surface area contributed by atoms with Crippen molar-refractivity contribution in [1.82, 2.24) is 4.98 Å². The number of anilines is 1. The molecule has 0 aliphatic carbocycles. The molecule has 2 aromatic rings. The Morgan fingerprint density at radius 2 is 1.86 bits per heavy atom. The van der Waals surface area contributed by atoms with Gasteiger partial charge in [0.05, 0.1) is 22.3 Å². The molecule has 0 saturated heterocycles. The molecule has 1 aromatic carbocycles. The van der Waals surface area contributed by atoms with E-state index in [4.69, 9.17) is 0 Å². The SMILES string of the molecule is O=S1(=O)CC(Nc2ccc(C(F)(F)F)cn2)c2ccccc21. The van der Waals surface area contributed by atoms with Crippen molar-refractivity contribution in [2.24, 2.45) is 0 Å². The maximum atomic E-state index is 12.5. The maximum Gasteiger partial charge on any atom is 0.417 e. The zero-order valence-electron chi connectivity index (χ0n) is 11.1. The van der Waals surface area contributed by atoms with Crippen molar-refractivity contribution in [2.75, 3.05) is 11.1 Å². The summed E-state index contributed by atoms with van der Waals surface area (Å²) in [5.74, 6) is 0.0552. The van der Waals surface area contributed by atoms with Gasteiger partial charge in [-0.25, -0.2) is 13.4 Å². The van der Waals surface area contributed by atoms with Crippen LogP contribution < -0.4 is 5.32 Å². The molecule has 3 rings (SSSR count). The molecule has 1 N–H and O–H groups in total. The molecule has 1 aliphatic heterocycles. The van der Waals surface area contributed by atoms with Crippen LogP contribution in [-0.4, -0.2) is 19.2 Å². The van der Waals surface area contributed by atoms with Crippen LogP contribution in [0, 0.1) is 0 Å². The zero-order chi connectivity index (χ0) is 16.0. The lowest BCUT2D eigenvalue weighted by molar-refractivity contribution is -0.137. The molecule has 0 saturated carbocycles. The number of nitrogens with one attached hydrogen (secondary N) is 1. The Kier molecular flexibility index (Phi) is 3.36. The van der Waals surface area contributed by atoms with Crippen molar-refractivity contribution < 1.29 is 21.6 Å². The minimum absolute atomic E-state index is 0.144. The molecule has 4 nitrogen and oxygen atoms in total. The molecule has 0 spiro atoms. The second-order valence-electron chi connectivity index (χ2n) is 4.95. The van der Waals surface area contributed by atoms with Gasteiger partial charge < -0.3 is 5.32 Å². The Balaban J connectivity index is 1.86. The Morgan fingerprint density at radius 3 is 2.50 bits per heavy atom. The molecular formula is C14H11F3N2O2S. The van der Waals surface area contributed by atoms with Crippen LogP contribution in [0.3, 0.4) is 0 Å². The van der Waals surface area contributed by atoms with Gasteiger partial charge in [0.1, 0.15) is 5.82 Å². The first-order valence-electron chi connectivity index (χ1n) is 6.39. The van der Waals surface area contributed by atoms with Gasteiger partial charge in [0.25, 0.3) is 0 Å². The smallest absolute Gasteiger partial charge is 0.362 e. The van der Waals surface area contributed by atoms with Gasteiger partial charge >= 0.3 is 6.18 Å². The Bertz CT molecular complexity index is 802. The van der Waals surface area contributed by atoms with Crippen molar-refractivity contribution in [1.29, 1.82) is 0 Å². The largest absolute Gasteiger partial charge is 0.417 e. The molecule has 0 radical (unpaired) electrons. The average molecular weight is 328 g/mol. The van der Waals surface area contributed by atoms with Gasteiger partial charge in [-0.2, -0.15) is 13.2 Å². The van der Waals surface area contributed by atoms with Crippen molar-refractivity contribution in [3.8, 4) is 0 Å². The number of sulfone groups is 1. The molecule has 1 atom stereocenters. The normalized spacial score (nSPS) is 19.7. The summed E-state index contributed by atoms with van der Waals surface area (Å²) in [6, 6.07) is 8.13. The molecule has 0 fully saturated rings. The zero-order valence-corrected chi connectivity index (χ0v) is 11.9. The quantitative estimate of drug-likeness (QED) is 0.920. The minimum Gasteiger partial charge on any atom is -0.362 e. The van der Waals surface area contributed by atoms with E-state index in [0.717, 1.165) is 12.3 Å². The van der Waals surface area contributed by atoms with Crippen LogP contribution in [0.4, 0.5) is 19.0 Å². The third kappa shape index (κ3) is 2.66. The minimum atomic E-state index is -4.45. The summed E-state index contributed by atoms with van der Waals surface area (Å²) in [7, 11) is -3.38. The van der Waals surface area contributed by atoms with Gasteiger partial charge in [0.15, 0.2) is 9.84 Å². The number of nitrogens with zero attached hydrogens (tertiary/aromatic N) is 1. The van der Waals surface area contributed by atoms with Crippen molar-refractivity contribution >= 4 is 15.7 Å². The second-order valence-corrected chi connectivity index (χ2v) is 6.95. The number of rotatable bonds is 2. The third-order valence-corrected chi connectivity index (χ3v) is 5.24. The highest BCUT2D eigenvalue weighted by atomic mass is 32.2. The van der Waals surface area contributed by atoms with Gasteiger partial charge in [0.2, 0.25) is 0 Å². The summed E-state index contributed by atoms with van der Waals surface area (Å²) in [6.07, 6.45) is -3.73. The number of pyridine rings is 1. The van der Waals surface area contributed by atoms with Crippen LogP contribution in [0.25, 0.3) is 0 Å². The first kappa shape index (κ1) is 14.8. The van der Waals surface area contributed by atoms with E-state index in [1.807, 2.05) is 0 Å². The van der Waals surface area contributed by atoms with Crippen molar-refractivity contribution in [3.05, 3.63) is 53.7 Å². The van der Waals surface area contributed by atoms with Gasteiger partial charge in [-0.1, -0.05) is 18.2 Å². The molecule has 1 unspecified atom stereocenters. The molecule has 1 aromatic heterocycles. The fourth-order valence-corrected chi connectivity index (χ4v) is 4.13. The Hall–Kier alpha value is -2.09. The standard InChI is InChI=1S/C14H11F3N2O2S/c15-14(16,17)9-5-6-13(18-7-9)19-11-8-22(20,21)12-4-2-1-3-10(11)12/h1-7,11H,8H2,(H,18,19). The number of hydrogen-bond donors (Lipinski definition) is 1. The number of aromatic nitrogens is 1. The van der Waals surface area contributed by atoms with Gasteiger partial charge in [-0.05, 0) is 23.8 Å². The molecule has 1 aliphatic rings. The summed E-state index contributed by atoms with van der Waals surface area (Å²) >= 11 is 0. The molecule has 116 valence electrons. The van der Waals surface area contributed by atoms with Crippen LogP contribution in [0.15, 0.2) is 47.5 Å². The van der Waals surface area contributed by atoms with Gasteiger partial charge in [-0.15, -0.1) is 0 Å². The van der Waals surface area contributed by atoms with E-state index in [-0.39, 0.29) is 16.5 Å². The van der Waals surface area contributed by atoms with E-state index in [1.54, 1.807) is 18.2 Å². The van der Waals surface area contributed by atoms with Crippen molar-refractivity contribution in [2.45, 2.75) is 17.1 Å². The molecule has 8 heteroatoms. The summed E-state index contributed by atoms with van der Waals surface area (Å²) in [4.78, 5) is 3.95. The number of benzene rings is 1. The van der Waals surface area contributed by atoms with E-state index >= 15 is 0 Å². The highest BCUT2D eigenvalue weighted by Gasteiger charge is 2.35. The first-order chi connectivity index (χ1) is 10.3. The lowest BCUT2D eigenvalue weighted by atomic mass is 10.1. The van der Waals surface area contributed by atoms with Crippen molar-refractivity contribution in [3.63, 3.8) is 0 Å². The summed E-state index contributed by atoms with van der Waals surface area (Å²) < 4.78 is 61.5. The molecule has 2 heterocycles. The van der Waals surface area contributed by atoms with E-state index < -0.39 is 27.6 Å². The highest BCUT2D eigenvalue weighted by molar-refractivity contribution is 7.91. The van der Waals surface area contributed by atoms with Gasteiger partial charge in [-0.3, -0.25) is 0 Å². The maximum absolute atomic E-state index is 12.5. The lowest BCUT2D eigenvalue weighted by Crippen LogP contribution is -2.14. The second kappa shape index (κ2) is 4.98. The van der Waals surface area contributed by atoms with E-state index in [0.29, 0.717) is 5.56 Å². The van der Waals surface area contributed by atoms with Crippen LogP contribution in [0.1, 0.15) is 17.2 Å². The fraction of sp³-hybridized carbons (Fsp3) is 0.214. The van der Waals surface area contributed by atoms with E-state index in [9.17, 15) is 21.6 Å². The van der Waals surface area contributed by atoms with Gasteiger partial charge in [0, 0.05) is 6.20 Å². The predicted molar refractivity (Wildman–Crippen MR) is 74.1 cm³/mol. The number of alkyl halides is 3. The summed E-state index contributed by atoms with van der Waals surface area (Å²) in [6.45, 7) is 0. The fourth-order valence-electron chi connectivity index (χ4n) is 2.40. The van der Waals surface area contributed by atoms with E-state index in [2.05, 4.69) is 10.3 Å².